The highest BCUT2D eigenvalue weighted by Crippen LogP contribution is 2.41. The first-order chi connectivity index (χ1) is 9.75. The number of Topliss-reactive ketones (excluding diaryl/α,β-unsaturated/α-hetero) is 1. The van der Waals surface area contributed by atoms with Gasteiger partial charge in [-0.15, -0.1) is 0 Å². The van der Waals surface area contributed by atoms with Gasteiger partial charge < -0.3 is 0 Å². The van der Waals surface area contributed by atoms with Crippen LogP contribution in [-0.2, 0) is 16.0 Å². The van der Waals surface area contributed by atoms with Crippen molar-refractivity contribution < 1.29 is 9.59 Å². The summed E-state index contributed by atoms with van der Waals surface area (Å²) >= 11 is 0. The third-order valence-electron chi connectivity index (χ3n) is 4.05. The summed E-state index contributed by atoms with van der Waals surface area (Å²) in [5.41, 5.74) is 5.01. The van der Waals surface area contributed by atoms with Crippen LogP contribution in [0.5, 0.6) is 0 Å². The Morgan fingerprint density at radius 3 is 2.75 bits per heavy atom. The molecule has 1 aromatic rings. The fraction of sp³-hybridized carbons (Fsp3) is 0.111. The second-order valence-electron chi connectivity index (χ2n) is 5.22. The number of carbonyl (C=O) groups excluding carboxylic acids is 2. The Labute approximate surface area is 116 Å². The Morgan fingerprint density at radius 1 is 1.00 bits per heavy atom. The fourth-order valence-electron chi connectivity index (χ4n) is 3.16. The molecule has 0 saturated carbocycles. The van der Waals surface area contributed by atoms with Gasteiger partial charge in [0, 0.05) is 17.6 Å². The van der Waals surface area contributed by atoms with E-state index in [1.807, 2.05) is 42.5 Å². The largest absolute Gasteiger partial charge is 0.294 e. The molecule has 0 heterocycles. The lowest BCUT2D eigenvalue weighted by molar-refractivity contribution is -0.114. The quantitative estimate of drug-likeness (QED) is 0.718. The standard InChI is InChI=1S/C18H12O2/c19-16-10-15-12-6-2-1-5-11(12)9-17(20)18(15)14-8-4-3-7-13(14)16/h1-2,4-8,10H,3,9H2. The molecule has 4 rings (SSSR count). The zero-order valence-electron chi connectivity index (χ0n) is 10.8. The highest BCUT2D eigenvalue weighted by atomic mass is 16.1. The molecule has 0 N–H and O–H groups in total. The number of hydrogen-bond donors (Lipinski definition) is 0. The summed E-state index contributed by atoms with van der Waals surface area (Å²) in [6.07, 6.45) is 8.62. The van der Waals surface area contributed by atoms with E-state index in [-0.39, 0.29) is 11.6 Å². The van der Waals surface area contributed by atoms with Crippen LogP contribution >= 0.6 is 0 Å². The molecule has 2 heteroatoms. The molecule has 0 saturated heterocycles. The van der Waals surface area contributed by atoms with Crippen LogP contribution in [0, 0.1) is 0 Å². The van der Waals surface area contributed by atoms with Crippen LogP contribution in [0.4, 0.5) is 0 Å². The summed E-state index contributed by atoms with van der Waals surface area (Å²) < 4.78 is 0. The predicted octanol–water partition coefficient (Wildman–Crippen LogP) is 2.96. The second-order valence-corrected chi connectivity index (χ2v) is 5.22. The van der Waals surface area contributed by atoms with E-state index in [1.54, 1.807) is 6.08 Å². The second kappa shape index (κ2) is 4.01. The Bertz CT molecular complexity index is 785. The first-order valence-corrected chi connectivity index (χ1v) is 6.75. The van der Waals surface area contributed by atoms with Crippen molar-refractivity contribution in [1.29, 1.82) is 0 Å². The Balaban J connectivity index is 2.04. The van der Waals surface area contributed by atoms with Gasteiger partial charge >= 0.3 is 0 Å². The van der Waals surface area contributed by atoms with E-state index in [1.165, 1.54) is 0 Å². The number of rotatable bonds is 0. The molecule has 0 unspecified atom stereocenters. The molecule has 0 radical (unpaired) electrons. The SMILES string of the molecule is O=C1C=C2C(=C3C=CCC=C13)C(=O)Cc1ccccc12. The number of benzene rings is 1. The van der Waals surface area contributed by atoms with E-state index in [0.717, 1.165) is 28.7 Å². The third kappa shape index (κ3) is 1.45. The lowest BCUT2D eigenvalue weighted by atomic mass is 9.74. The molecule has 2 nitrogen and oxygen atoms in total. The van der Waals surface area contributed by atoms with Crippen LogP contribution in [0.2, 0.25) is 0 Å². The number of carbonyl (C=O) groups is 2. The molecule has 0 aromatic heterocycles. The molecule has 96 valence electrons. The van der Waals surface area contributed by atoms with Crippen LogP contribution in [0.25, 0.3) is 5.57 Å². The summed E-state index contributed by atoms with van der Waals surface area (Å²) in [6, 6.07) is 7.83. The Hall–Kier alpha value is -2.48. The smallest absolute Gasteiger partial charge is 0.186 e. The average Bonchev–Trinajstić information content (AvgIpc) is 2.47. The summed E-state index contributed by atoms with van der Waals surface area (Å²) in [4.78, 5) is 24.8. The fourth-order valence-corrected chi connectivity index (χ4v) is 3.16. The molecule has 0 bridgehead atoms. The summed E-state index contributed by atoms with van der Waals surface area (Å²) in [5, 5.41) is 0. The zero-order chi connectivity index (χ0) is 13.7. The van der Waals surface area contributed by atoms with Crippen molar-refractivity contribution in [2.45, 2.75) is 12.8 Å². The third-order valence-corrected chi connectivity index (χ3v) is 4.05. The monoisotopic (exact) mass is 260 g/mol. The van der Waals surface area contributed by atoms with Gasteiger partial charge in [-0.2, -0.15) is 0 Å². The molecule has 0 spiro atoms. The van der Waals surface area contributed by atoms with Crippen molar-refractivity contribution in [1.82, 2.24) is 0 Å². The van der Waals surface area contributed by atoms with Crippen LogP contribution in [-0.4, -0.2) is 11.6 Å². The molecule has 0 amide bonds. The minimum absolute atomic E-state index is 0.00704. The van der Waals surface area contributed by atoms with Crippen LogP contribution < -0.4 is 0 Å². The minimum atomic E-state index is 0.00704. The van der Waals surface area contributed by atoms with Gasteiger partial charge in [-0.1, -0.05) is 42.5 Å². The Kier molecular flexibility index (Phi) is 2.27. The van der Waals surface area contributed by atoms with Crippen molar-refractivity contribution in [3.63, 3.8) is 0 Å². The molecule has 1 aromatic carbocycles. The normalized spacial score (nSPS) is 20.0. The van der Waals surface area contributed by atoms with Crippen LogP contribution in [0.15, 0.2) is 65.3 Å². The van der Waals surface area contributed by atoms with Crippen molar-refractivity contribution in [3.8, 4) is 0 Å². The topological polar surface area (TPSA) is 34.1 Å². The molecule has 0 aliphatic heterocycles. The van der Waals surface area contributed by atoms with Gasteiger partial charge in [0.25, 0.3) is 0 Å². The van der Waals surface area contributed by atoms with Gasteiger partial charge in [0.05, 0.1) is 0 Å². The van der Waals surface area contributed by atoms with E-state index >= 15 is 0 Å². The van der Waals surface area contributed by atoms with E-state index in [9.17, 15) is 9.59 Å². The van der Waals surface area contributed by atoms with Gasteiger partial charge in [0.15, 0.2) is 11.6 Å². The van der Waals surface area contributed by atoms with E-state index < -0.39 is 0 Å². The molecular weight excluding hydrogens is 248 g/mol. The number of fused-ring (bicyclic) bond motifs is 4. The highest BCUT2D eigenvalue weighted by molar-refractivity contribution is 6.26. The van der Waals surface area contributed by atoms with E-state index in [0.29, 0.717) is 17.6 Å². The molecule has 20 heavy (non-hydrogen) atoms. The predicted molar refractivity (Wildman–Crippen MR) is 77.0 cm³/mol. The number of ketones is 2. The molecule has 0 atom stereocenters. The number of hydrogen-bond acceptors (Lipinski definition) is 2. The van der Waals surface area contributed by atoms with Gasteiger partial charge in [-0.25, -0.2) is 0 Å². The maximum atomic E-state index is 12.5. The zero-order valence-corrected chi connectivity index (χ0v) is 10.8. The molecule has 3 aliphatic carbocycles. The summed E-state index contributed by atoms with van der Waals surface area (Å²) in [7, 11) is 0. The summed E-state index contributed by atoms with van der Waals surface area (Å²) in [5.74, 6) is 0.113. The van der Waals surface area contributed by atoms with Gasteiger partial charge in [-0.05, 0) is 34.8 Å². The van der Waals surface area contributed by atoms with Crippen molar-refractivity contribution in [2.24, 2.45) is 0 Å². The Morgan fingerprint density at radius 2 is 1.85 bits per heavy atom. The maximum absolute atomic E-state index is 12.5. The molecule has 0 fully saturated rings. The van der Waals surface area contributed by atoms with Crippen molar-refractivity contribution in [3.05, 3.63) is 76.4 Å². The first-order valence-electron chi connectivity index (χ1n) is 6.75. The van der Waals surface area contributed by atoms with Gasteiger partial charge in [0.2, 0.25) is 0 Å². The lowest BCUT2D eigenvalue weighted by Gasteiger charge is -2.27. The van der Waals surface area contributed by atoms with Gasteiger partial charge in [-0.3, -0.25) is 9.59 Å². The lowest BCUT2D eigenvalue weighted by Crippen LogP contribution is -2.23. The minimum Gasteiger partial charge on any atom is -0.294 e. The van der Waals surface area contributed by atoms with E-state index in [2.05, 4.69) is 0 Å². The van der Waals surface area contributed by atoms with Crippen LogP contribution in [0.3, 0.4) is 0 Å². The molecular formula is C18H12O2. The molecule has 3 aliphatic rings. The van der Waals surface area contributed by atoms with E-state index in [4.69, 9.17) is 0 Å². The van der Waals surface area contributed by atoms with Crippen LogP contribution in [0.1, 0.15) is 17.5 Å². The summed E-state index contributed by atoms with van der Waals surface area (Å²) in [6.45, 7) is 0. The first kappa shape index (κ1) is 11.4. The highest BCUT2D eigenvalue weighted by Gasteiger charge is 2.33. The maximum Gasteiger partial charge on any atom is 0.186 e. The number of allylic oxidation sites excluding steroid dienone is 8. The van der Waals surface area contributed by atoms with Crippen molar-refractivity contribution in [2.75, 3.05) is 0 Å². The van der Waals surface area contributed by atoms with Gasteiger partial charge in [0.1, 0.15) is 0 Å². The average molecular weight is 260 g/mol. The van der Waals surface area contributed by atoms with Crippen molar-refractivity contribution >= 4 is 17.1 Å².